The smallest absolute Gasteiger partial charge is 0.285 e. The SMILES string of the molecule is CCCCCOP(=O)(OF)OC(F)C(F)F. The highest BCUT2D eigenvalue weighted by atomic mass is 31.2. The van der Waals surface area contributed by atoms with Gasteiger partial charge in [0.2, 0.25) is 0 Å². The van der Waals surface area contributed by atoms with E-state index in [4.69, 9.17) is 0 Å². The van der Waals surface area contributed by atoms with Crippen molar-refractivity contribution >= 4 is 7.82 Å². The number of halogens is 4. The lowest BCUT2D eigenvalue weighted by Gasteiger charge is -2.15. The first-order chi connectivity index (χ1) is 7.45. The van der Waals surface area contributed by atoms with Crippen molar-refractivity contribution in [1.29, 1.82) is 0 Å². The highest BCUT2D eigenvalue weighted by molar-refractivity contribution is 7.48. The van der Waals surface area contributed by atoms with Crippen LogP contribution in [0.2, 0.25) is 0 Å². The molecule has 0 saturated heterocycles. The molecule has 0 fully saturated rings. The van der Waals surface area contributed by atoms with Gasteiger partial charge in [-0.25, -0.2) is 22.3 Å². The average molecular weight is 268 g/mol. The number of phosphoric ester groups is 1. The molecule has 0 aromatic rings. The Morgan fingerprint density at radius 2 is 1.88 bits per heavy atom. The predicted molar refractivity (Wildman–Crippen MR) is 47.3 cm³/mol. The molecule has 16 heavy (non-hydrogen) atoms. The molecule has 4 nitrogen and oxygen atoms in total. The lowest BCUT2D eigenvalue weighted by atomic mass is 10.3. The third-order valence-electron chi connectivity index (χ3n) is 1.51. The van der Waals surface area contributed by atoms with E-state index in [1.165, 1.54) is 0 Å². The van der Waals surface area contributed by atoms with E-state index in [0.717, 1.165) is 6.42 Å². The summed E-state index contributed by atoms with van der Waals surface area (Å²) in [5, 5.41) is 0. The summed E-state index contributed by atoms with van der Waals surface area (Å²) in [4.78, 5) is 0. The second kappa shape index (κ2) is 8.00. The highest BCUT2D eigenvalue weighted by Gasteiger charge is 2.36. The van der Waals surface area contributed by atoms with Gasteiger partial charge < -0.3 is 0 Å². The van der Waals surface area contributed by atoms with Crippen molar-refractivity contribution in [2.75, 3.05) is 6.61 Å². The molecule has 0 radical (unpaired) electrons. The van der Waals surface area contributed by atoms with E-state index in [0.29, 0.717) is 12.8 Å². The number of hydrogen-bond acceptors (Lipinski definition) is 4. The maximum absolute atomic E-state index is 12.3. The van der Waals surface area contributed by atoms with Crippen molar-refractivity contribution in [1.82, 2.24) is 0 Å². The van der Waals surface area contributed by atoms with Gasteiger partial charge >= 0.3 is 7.82 Å². The fourth-order valence-electron chi connectivity index (χ4n) is 0.764. The van der Waals surface area contributed by atoms with Gasteiger partial charge in [-0.1, -0.05) is 24.5 Å². The molecular weight excluding hydrogens is 255 g/mol. The van der Waals surface area contributed by atoms with Gasteiger partial charge in [0.1, 0.15) is 0 Å². The number of phosphoric acid groups is 1. The summed E-state index contributed by atoms with van der Waals surface area (Å²) in [5.74, 6) is 0. The van der Waals surface area contributed by atoms with E-state index in [9.17, 15) is 22.3 Å². The molecule has 9 heteroatoms. The minimum absolute atomic E-state index is 0.231. The molecule has 0 aromatic carbocycles. The van der Waals surface area contributed by atoms with Crippen molar-refractivity contribution in [3.8, 4) is 0 Å². The third-order valence-corrected chi connectivity index (χ3v) is 2.64. The minimum Gasteiger partial charge on any atom is -0.285 e. The fourth-order valence-corrected chi connectivity index (χ4v) is 1.59. The van der Waals surface area contributed by atoms with Gasteiger partial charge in [-0.15, -0.1) is 0 Å². The highest BCUT2D eigenvalue weighted by Crippen LogP contribution is 2.51. The zero-order valence-corrected chi connectivity index (χ0v) is 9.47. The van der Waals surface area contributed by atoms with Crippen molar-refractivity contribution in [3.05, 3.63) is 0 Å². The van der Waals surface area contributed by atoms with E-state index >= 15 is 0 Å². The van der Waals surface area contributed by atoms with Gasteiger partial charge in [0.25, 0.3) is 12.8 Å². The van der Waals surface area contributed by atoms with E-state index in [-0.39, 0.29) is 6.61 Å². The van der Waals surface area contributed by atoms with Crippen LogP contribution in [0, 0.1) is 0 Å². The summed E-state index contributed by atoms with van der Waals surface area (Å²) in [6.45, 7) is 1.64. The quantitative estimate of drug-likeness (QED) is 0.362. The van der Waals surface area contributed by atoms with Crippen molar-refractivity contribution in [2.45, 2.75) is 39.0 Å². The Hall–Kier alpha value is -0.170. The van der Waals surface area contributed by atoms with Gasteiger partial charge in [-0.3, -0.25) is 4.52 Å². The molecule has 0 rings (SSSR count). The first-order valence-corrected chi connectivity index (χ1v) is 6.06. The molecule has 0 spiro atoms. The number of rotatable bonds is 9. The molecule has 0 N–H and O–H groups in total. The first-order valence-electron chi connectivity index (χ1n) is 4.60. The zero-order chi connectivity index (χ0) is 12.6. The molecule has 2 atom stereocenters. The second-order valence-electron chi connectivity index (χ2n) is 2.85. The van der Waals surface area contributed by atoms with Crippen LogP contribution in [0.4, 0.5) is 17.7 Å². The van der Waals surface area contributed by atoms with Crippen LogP contribution < -0.4 is 0 Å². The van der Waals surface area contributed by atoms with E-state index in [1.807, 2.05) is 6.92 Å². The molecule has 0 aliphatic heterocycles. The molecule has 0 saturated carbocycles. The molecule has 0 bridgehead atoms. The Morgan fingerprint density at radius 1 is 1.25 bits per heavy atom. The van der Waals surface area contributed by atoms with Crippen LogP contribution in [-0.2, 0) is 18.3 Å². The normalized spacial score (nSPS) is 17.4. The lowest BCUT2D eigenvalue weighted by molar-refractivity contribution is -0.119. The maximum atomic E-state index is 12.3. The topological polar surface area (TPSA) is 44.8 Å². The van der Waals surface area contributed by atoms with Crippen molar-refractivity contribution in [2.24, 2.45) is 0 Å². The van der Waals surface area contributed by atoms with Crippen LogP contribution in [0.25, 0.3) is 0 Å². The van der Waals surface area contributed by atoms with E-state index < -0.39 is 20.6 Å². The summed E-state index contributed by atoms with van der Waals surface area (Å²) in [6, 6.07) is 0. The van der Waals surface area contributed by atoms with Crippen LogP contribution in [0.5, 0.6) is 0 Å². The van der Waals surface area contributed by atoms with Crippen molar-refractivity contribution in [3.63, 3.8) is 0 Å². The van der Waals surface area contributed by atoms with Gasteiger partial charge in [0.15, 0.2) is 0 Å². The lowest BCUT2D eigenvalue weighted by Crippen LogP contribution is -2.16. The van der Waals surface area contributed by atoms with Crippen LogP contribution in [-0.4, -0.2) is 19.4 Å². The molecule has 0 aliphatic carbocycles. The standard InChI is InChI=1S/C7H13F4O4P/c1-2-3-4-5-13-16(12,15-11)14-7(10)6(8)9/h6-7H,2-5H2,1H3. The number of alkyl halides is 3. The Morgan fingerprint density at radius 3 is 2.31 bits per heavy atom. The molecule has 0 heterocycles. The third kappa shape index (κ3) is 6.42. The zero-order valence-electron chi connectivity index (χ0n) is 8.58. The minimum atomic E-state index is -4.87. The van der Waals surface area contributed by atoms with Crippen LogP contribution >= 0.6 is 7.82 Å². The summed E-state index contributed by atoms with van der Waals surface area (Å²) in [6.07, 6.45) is -4.86. The van der Waals surface area contributed by atoms with E-state index in [2.05, 4.69) is 13.8 Å². The molecule has 0 aliphatic rings. The Kier molecular flexibility index (Phi) is 7.91. The molecule has 0 aromatic heterocycles. The van der Waals surface area contributed by atoms with Crippen LogP contribution in [0.1, 0.15) is 26.2 Å². The average Bonchev–Trinajstić information content (AvgIpc) is 2.24. The largest absolute Gasteiger partial charge is 0.508 e. The van der Waals surface area contributed by atoms with Gasteiger partial charge in [-0.05, 0) is 10.9 Å². The van der Waals surface area contributed by atoms with Gasteiger partial charge in [0, 0.05) is 0 Å². The first kappa shape index (κ1) is 15.8. The van der Waals surface area contributed by atoms with Crippen molar-refractivity contribution < 1.29 is 36.0 Å². The fraction of sp³-hybridized carbons (Fsp3) is 1.00. The monoisotopic (exact) mass is 268 g/mol. The summed E-state index contributed by atoms with van der Waals surface area (Å²) in [5.41, 5.74) is 0. The Bertz CT molecular complexity index is 228. The van der Waals surface area contributed by atoms with E-state index in [1.54, 1.807) is 0 Å². The molecular formula is C7H13F4O4P. The van der Waals surface area contributed by atoms with Gasteiger partial charge in [0.05, 0.1) is 6.61 Å². The molecule has 2 unspecified atom stereocenters. The Labute approximate surface area is 90.4 Å². The Balaban J connectivity index is 4.05. The maximum Gasteiger partial charge on any atom is 0.508 e. The summed E-state index contributed by atoms with van der Waals surface area (Å²) in [7, 11) is -4.87. The summed E-state index contributed by atoms with van der Waals surface area (Å²) >= 11 is 0. The predicted octanol–water partition coefficient (Wildman–Crippen LogP) is 3.78. The second-order valence-corrected chi connectivity index (χ2v) is 4.35. The molecule has 98 valence electrons. The van der Waals surface area contributed by atoms with Crippen LogP contribution in [0.15, 0.2) is 0 Å². The molecule has 0 amide bonds. The van der Waals surface area contributed by atoms with Gasteiger partial charge in [-0.2, -0.15) is 0 Å². The number of hydrogen-bond donors (Lipinski definition) is 0. The van der Waals surface area contributed by atoms with Crippen LogP contribution in [0.3, 0.4) is 0 Å². The number of unbranched alkanes of at least 4 members (excludes halogenated alkanes) is 2. The summed E-state index contributed by atoms with van der Waals surface area (Å²) < 4.78 is 69.1.